The predicted molar refractivity (Wildman–Crippen MR) is 110 cm³/mol. The van der Waals surface area contributed by atoms with Gasteiger partial charge in [-0.1, -0.05) is 18.2 Å². The molecule has 3 aromatic rings. The summed E-state index contributed by atoms with van der Waals surface area (Å²) in [6, 6.07) is 15.2. The van der Waals surface area contributed by atoms with Crippen LogP contribution in [0.15, 0.2) is 60.8 Å². The van der Waals surface area contributed by atoms with Crippen molar-refractivity contribution in [3.63, 3.8) is 0 Å². The Hall–Kier alpha value is -2.64. The fourth-order valence-corrected chi connectivity index (χ4v) is 3.36. The van der Waals surface area contributed by atoms with Crippen molar-refractivity contribution in [3.8, 4) is 16.9 Å². The first kappa shape index (κ1) is 20.1. The Kier molecular flexibility index (Phi) is 6.84. The summed E-state index contributed by atoms with van der Waals surface area (Å²) in [6.45, 7) is 0.352. The number of carboxylic acid groups (broad SMARTS) is 1. The van der Waals surface area contributed by atoms with Crippen LogP contribution in [0.3, 0.4) is 0 Å². The third-order valence-corrected chi connectivity index (χ3v) is 5.02. The molecule has 0 bridgehead atoms. The maximum absolute atomic E-state index is 13.3. The fourth-order valence-electron chi connectivity index (χ4n) is 2.88. The van der Waals surface area contributed by atoms with Crippen molar-refractivity contribution in [2.45, 2.75) is 19.0 Å². The van der Waals surface area contributed by atoms with Crippen LogP contribution in [0.4, 0.5) is 4.39 Å². The number of hydrogen-bond donors (Lipinski definition) is 2. The van der Waals surface area contributed by atoms with E-state index in [4.69, 9.17) is 0 Å². The quantitative estimate of drug-likeness (QED) is 0.570. The maximum Gasteiger partial charge on any atom is 0.320 e. The van der Waals surface area contributed by atoms with Crippen LogP contribution in [0.1, 0.15) is 12.0 Å². The molecule has 3 rings (SSSR count). The number of hydrogen-bond acceptors (Lipinski definition) is 4. The SMILES string of the molecule is CSCC[C@H](NCc1cn(-c2ccccc2)nc1-c1ccc(F)cc1)C(=O)O. The molecule has 0 aliphatic carbocycles. The average Bonchev–Trinajstić information content (AvgIpc) is 3.13. The summed E-state index contributed by atoms with van der Waals surface area (Å²) in [5.74, 6) is -0.417. The van der Waals surface area contributed by atoms with Gasteiger partial charge in [0.05, 0.1) is 11.4 Å². The van der Waals surface area contributed by atoms with Crippen molar-refractivity contribution >= 4 is 17.7 Å². The van der Waals surface area contributed by atoms with Crippen LogP contribution in [-0.2, 0) is 11.3 Å². The highest BCUT2D eigenvalue weighted by Gasteiger charge is 2.19. The third-order valence-electron chi connectivity index (χ3n) is 4.38. The van der Waals surface area contributed by atoms with Crippen LogP contribution in [-0.4, -0.2) is 38.9 Å². The molecular weight excluding hydrogens is 377 g/mol. The van der Waals surface area contributed by atoms with Crippen LogP contribution < -0.4 is 5.32 Å². The molecule has 0 saturated heterocycles. The molecule has 1 atom stereocenters. The van der Waals surface area contributed by atoms with Gasteiger partial charge < -0.3 is 10.4 Å². The highest BCUT2D eigenvalue weighted by molar-refractivity contribution is 7.98. The molecule has 28 heavy (non-hydrogen) atoms. The lowest BCUT2D eigenvalue weighted by atomic mass is 10.1. The Morgan fingerprint density at radius 3 is 2.57 bits per heavy atom. The van der Waals surface area contributed by atoms with E-state index >= 15 is 0 Å². The molecule has 2 N–H and O–H groups in total. The Morgan fingerprint density at radius 2 is 1.93 bits per heavy atom. The van der Waals surface area contributed by atoms with E-state index in [1.807, 2.05) is 42.8 Å². The van der Waals surface area contributed by atoms with E-state index in [0.717, 1.165) is 22.6 Å². The van der Waals surface area contributed by atoms with Crippen LogP contribution >= 0.6 is 11.8 Å². The van der Waals surface area contributed by atoms with Gasteiger partial charge in [-0.3, -0.25) is 4.79 Å². The monoisotopic (exact) mass is 399 g/mol. The van der Waals surface area contributed by atoms with E-state index < -0.39 is 12.0 Å². The number of halogens is 1. The minimum absolute atomic E-state index is 0.311. The second-order valence-electron chi connectivity index (χ2n) is 6.34. The van der Waals surface area contributed by atoms with Crippen LogP contribution in [0, 0.1) is 5.82 Å². The number of thioether (sulfide) groups is 1. The molecule has 146 valence electrons. The minimum Gasteiger partial charge on any atom is -0.480 e. The van der Waals surface area contributed by atoms with Crippen LogP contribution in [0.5, 0.6) is 0 Å². The van der Waals surface area contributed by atoms with Gasteiger partial charge in [0.25, 0.3) is 0 Å². The Bertz CT molecular complexity index is 913. The maximum atomic E-state index is 13.3. The van der Waals surface area contributed by atoms with Crippen molar-refractivity contribution in [2.24, 2.45) is 0 Å². The molecule has 1 aromatic heterocycles. The molecule has 5 nitrogen and oxygen atoms in total. The normalized spacial score (nSPS) is 12.1. The van der Waals surface area contributed by atoms with Crippen molar-refractivity contribution < 1.29 is 14.3 Å². The summed E-state index contributed by atoms with van der Waals surface area (Å²) < 4.78 is 15.1. The standard InChI is InChI=1S/C21H22FN3O2S/c1-28-12-11-19(21(26)27)23-13-16-14-25(18-5-3-2-4-6-18)24-20(16)15-7-9-17(22)10-8-15/h2-10,14,19,23H,11-13H2,1H3,(H,26,27)/t19-/m0/s1. The van der Waals surface area contributed by atoms with E-state index in [1.165, 1.54) is 12.1 Å². The summed E-state index contributed by atoms with van der Waals surface area (Å²) in [4.78, 5) is 11.5. The number of aliphatic carboxylic acids is 1. The van der Waals surface area contributed by atoms with Gasteiger partial charge in [0.15, 0.2) is 0 Å². The van der Waals surface area contributed by atoms with Crippen molar-refractivity contribution in [1.82, 2.24) is 15.1 Å². The largest absolute Gasteiger partial charge is 0.480 e. The number of para-hydroxylation sites is 1. The van der Waals surface area contributed by atoms with Crippen molar-refractivity contribution in [2.75, 3.05) is 12.0 Å². The molecule has 0 aliphatic rings. The summed E-state index contributed by atoms with van der Waals surface area (Å²) in [6.07, 6.45) is 4.37. The molecule has 0 radical (unpaired) electrons. The first-order valence-corrected chi connectivity index (χ1v) is 10.3. The number of carbonyl (C=O) groups is 1. The lowest BCUT2D eigenvalue weighted by Crippen LogP contribution is -2.36. The Balaban J connectivity index is 1.90. The molecule has 0 spiro atoms. The predicted octanol–water partition coefficient (Wildman–Crippen LogP) is 3.97. The molecule has 1 heterocycles. The topological polar surface area (TPSA) is 67.2 Å². The van der Waals surface area contributed by atoms with Crippen molar-refractivity contribution in [3.05, 3.63) is 72.2 Å². The molecule has 0 saturated carbocycles. The van der Waals surface area contributed by atoms with E-state index in [9.17, 15) is 14.3 Å². The first-order valence-electron chi connectivity index (χ1n) is 8.93. The number of nitrogens with one attached hydrogen (secondary N) is 1. The van der Waals surface area contributed by atoms with Gasteiger partial charge >= 0.3 is 5.97 Å². The molecule has 7 heteroatoms. The van der Waals surface area contributed by atoms with Gasteiger partial charge in [-0.25, -0.2) is 9.07 Å². The second kappa shape index (κ2) is 9.52. The summed E-state index contributed by atoms with van der Waals surface area (Å²) in [5, 5.41) is 17.2. The molecule has 2 aromatic carbocycles. The van der Waals surface area contributed by atoms with E-state index in [0.29, 0.717) is 18.7 Å². The molecule has 0 unspecified atom stereocenters. The lowest BCUT2D eigenvalue weighted by Gasteiger charge is -2.13. The molecular formula is C21H22FN3O2S. The number of rotatable bonds is 9. The van der Waals surface area contributed by atoms with E-state index in [-0.39, 0.29) is 5.82 Å². The Morgan fingerprint density at radius 1 is 1.21 bits per heavy atom. The van der Waals surface area contributed by atoms with Gasteiger partial charge in [0, 0.05) is 23.9 Å². The zero-order valence-corrected chi connectivity index (χ0v) is 16.3. The molecule has 0 amide bonds. The van der Waals surface area contributed by atoms with Gasteiger partial charge in [-0.15, -0.1) is 0 Å². The highest BCUT2D eigenvalue weighted by atomic mass is 32.2. The lowest BCUT2D eigenvalue weighted by molar-refractivity contribution is -0.139. The second-order valence-corrected chi connectivity index (χ2v) is 7.33. The van der Waals surface area contributed by atoms with Gasteiger partial charge in [-0.2, -0.15) is 16.9 Å². The van der Waals surface area contributed by atoms with E-state index in [1.54, 1.807) is 28.6 Å². The fraction of sp³-hybridized carbons (Fsp3) is 0.238. The zero-order valence-electron chi connectivity index (χ0n) is 15.5. The zero-order chi connectivity index (χ0) is 19.9. The summed E-state index contributed by atoms with van der Waals surface area (Å²) in [7, 11) is 0. The van der Waals surface area contributed by atoms with Gasteiger partial charge in [0.2, 0.25) is 0 Å². The average molecular weight is 399 g/mol. The third kappa shape index (κ3) is 4.99. The number of carboxylic acids is 1. The summed E-state index contributed by atoms with van der Waals surface area (Å²) in [5.41, 5.74) is 3.23. The number of nitrogens with zero attached hydrogens (tertiary/aromatic N) is 2. The van der Waals surface area contributed by atoms with E-state index in [2.05, 4.69) is 10.4 Å². The van der Waals surface area contributed by atoms with Crippen LogP contribution in [0.25, 0.3) is 16.9 Å². The highest BCUT2D eigenvalue weighted by Crippen LogP contribution is 2.24. The number of aromatic nitrogens is 2. The smallest absolute Gasteiger partial charge is 0.320 e. The van der Waals surface area contributed by atoms with Gasteiger partial charge in [-0.05, 0) is 54.8 Å². The first-order chi connectivity index (χ1) is 13.6. The van der Waals surface area contributed by atoms with Gasteiger partial charge in [0.1, 0.15) is 11.9 Å². The molecule has 0 aliphatic heterocycles. The summed E-state index contributed by atoms with van der Waals surface area (Å²) >= 11 is 1.62. The van der Waals surface area contributed by atoms with Crippen molar-refractivity contribution in [1.29, 1.82) is 0 Å². The molecule has 0 fully saturated rings. The van der Waals surface area contributed by atoms with Crippen LogP contribution in [0.2, 0.25) is 0 Å². The minimum atomic E-state index is -0.868. The number of benzene rings is 2. The Labute approximate surface area is 167 Å².